The number of benzene rings is 2. The molecule has 2 aromatic carbocycles. The van der Waals surface area contributed by atoms with Gasteiger partial charge in [0.15, 0.2) is 5.82 Å². The van der Waals surface area contributed by atoms with E-state index in [1.165, 1.54) is 22.9 Å². The molecule has 2 fully saturated rings. The third kappa shape index (κ3) is 5.39. The van der Waals surface area contributed by atoms with Crippen molar-refractivity contribution in [2.45, 2.75) is 44.3 Å². The fourth-order valence-corrected chi connectivity index (χ4v) is 8.20. The van der Waals surface area contributed by atoms with Crippen molar-refractivity contribution in [3.63, 3.8) is 0 Å². The summed E-state index contributed by atoms with van der Waals surface area (Å²) in [6.45, 7) is 3.18. The normalized spacial score (nSPS) is 19.2. The minimum absolute atomic E-state index is 0.0207. The molecule has 2 aliphatic rings. The number of ether oxygens (including phenoxy) is 1. The summed E-state index contributed by atoms with van der Waals surface area (Å²) in [7, 11) is 1.70. The third-order valence-corrected chi connectivity index (χ3v) is 10.6. The lowest BCUT2D eigenvalue weighted by Gasteiger charge is -2.31. The molecule has 0 saturated carbocycles. The first-order chi connectivity index (χ1) is 23.0. The molecular weight excluding hydrogens is 665 g/mol. The van der Waals surface area contributed by atoms with Crippen molar-refractivity contribution >= 4 is 60.7 Å². The van der Waals surface area contributed by atoms with Crippen molar-refractivity contribution in [2.24, 2.45) is 0 Å². The van der Waals surface area contributed by atoms with E-state index in [0.717, 1.165) is 30.7 Å². The number of nitrogens with two attached hydrogens (primary N) is 1. The second kappa shape index (κ2) is 12.2. The van der Waals surface area contributed by atoms with Gasteiger partial charge in [-0.1, -0.05) is 17.7 Å². The Kier molecular flexibility index (Phi) is 8.17. The number of carbonyl (C=O) groups is 1. The molecule has 48 heavy (non-hydrogen) atoms. The minimum atomic E-state index is -0.969. The molecule has 2 aliphatic heterocycles. The predicted octanol–water partition coefficient (Wildman–Crippen LogP) is 6.52. The van der Waals surface area contributed by atoms with Gasteiger partial charge < -0.3 is 15.4 Å². The standard InChI is InChI=1S/C33H30ClF3N8O2S/c1-17-6-11-45(42-17)24(46)7-10-43(2)31-20-12-22(34)26(19-4-5-23(36)29-25(19)21(14-38)30(39)48-29)27(37)28(20)40-32(41-31)47-16-33-8-3-9-44(33)15-18(35)13-33/h4-6,11-12,18H,3,7-10,13,15-16,39H2,1-2H3/t18-,33+/m1/s1. The number of thiophene rings is 1. The predicted molar refractivity (Wildman–Crippen MR) is 178 cm³/mol. The lowest BCUT2D eigenvalue weighted by Crippen LogP contribution is -2.43. The van der Waals surface area contributed by atoms with Crippen molar-refractivity contribution in [1.82, 2.24) is 24.6 Å². The quantitative estimate of drug-likeness (QED) is 0.193. The molecule has 2 saturated heterocycles. The number of nitriles is 1. The third-order valence-electron chi connectivity index (χ3n) is 9.27. The highest BCUT2D eigenvalue weighted by atomic mass is 35.5. The highest BCUT2D eigenvalue weighted by molar-refractivity contribution is 7.23. The Hall–Kier alpha value is -4.45. The number of aromatic nitrogens is 4. The van der Waals surface area contributed by atoms with Crippen LogP contribution in [-0.4, -0.2) is 75.6 Å². The zero-order chi connectivity index (χ0) is 33.9. The van der Waals surface area contributed by atoms with Crippen LogP contribution in [0.5, 0.6) is 6.01 Å². The fraction of sp³-hybridized carbons (Fsp3) is 0.364. The number of halogens is 4. The van der Waals surface area contributed by atoms with Gasteiger partial charge in [-0.25, -0.2) is 17.9 Å². The summed E-state index contributed by atoms with van der Waals surface area (Å²) in [6, 6.07) is 7.63. The number of nitrogen functional groups attached to an aromatic ring is 1. The number of anilines is 2. The number of hydrogen-bond acceptors (Lipinski definition) is 10. The van der Waals surface area contributed by atoms with Gasteiger partial charge in [-0.15, -0.1) is 11.3 Å². The molecule has 0 aliphatic carbocycles. The highest BCUT2D eigenvalue weighted by Gasteiger charge is 2.49. The Morgan fingerprint density at radius 3 is 2.88 bits per heavy atom. The van der Waals surface area contributed by atoms with Crippen molar-refractivity contribution in [1.29, 1.82) is 5.26 Å². The molecule has 10 nitrogen and oxygen atoms in total. The molecule has 5 aromatic rings. The molecule has 0 unspecified atom stereocenters. The molecule has 15 heteroatoms. The van der Waals surface area contributed by atoms with Gasteiger partial charge in [-0.2, -0.15) is 20.3 Å². The van der Waals surface area contributed by atoms with Gasteiger partial charge in [0.05, 0.1) is 26.5 Å². The first kappa shape index (κ1) is 32.1. The van der Waals surface area contributed by atoms with Gasteiger partial charge in [-0.05, 0) is 50.1 Å². The van der Waals surface area contributed by atoms with E-state index in [1.54, 1.807) is 31.1 Å². The van der Waals surface area contributed by atoms with Crippen LogP contribution in [0.3, 0.4) is 0 Å². The Balaban J connectivity index is 1.33. The zero-order valence-corrected chi connectivity index (χ0v) is 27.6. The Labute approximate surface area is 282 Å². The van der Waals surface area contributed by atoms with Crippen molar-refractivity contribution in [3.8, 4) is 23.2 Å². The maximum absolute atomic E-state index is 16.9. The maximum atomic E-state index is 16.9. The van der Waals surface area contributed by atoms with Crippen LogP contribution in [0.1, 0.15) is 41.7 Å². The minimum Gasteiger partial charge on any atom is -0.461 e. The molecule has 0 amide bonds. The average molecular weight is 695 g/mol. The monoisotopic (exact) mass is 694 g/mol. The van der Waals surface area contributed by atoms with E-state index in [4.69, 9.17) is 22.1 Å². The van der Waals surface area contributed by atoms with Crippen molar-refractivity contribution in [3.05, 3.63) is 58.4 Å². The summed E-state index contributed by atoms with van der Waals surface area (Å²) >= 11 is 7.67. The van der Waals surface area contributed by atoms with E-state index in [9.17, 15) is 18.8 Å². The highest BCUT2D eigenvalue weighted by Crippen LogP contribution is 2.46. The Morgan fingerprint density at radius 2 is 2.12 bits per heavy atom. The molecule has 3 aromatic heterocycles. The first-order valence-electron chi connectivity index (χ1n) is 15.4. The lowest BCUT2D eigenvalue weighted by molar-refractivity contribution is 0.0889. The summed E-state index contributed by atoms with van der Waals surface area (Å²) in [5.41, 5.74) is 6.21. The number of nitrogens with zero attached hydrogens (tertiary/aromatic N) is 7. The maximum Gasteiger partial charge on any atom is 0.319 e. The largest absolute Gasteiger partial charge is 0.461 e. The molecule has 2 atom stereocenters. The summed E-state index contributed by atoms with van der Waals surface area (Å²) in [5.74, 6) is -1.44. The van der Waals surface area contributed by atoms with Gasteiger partial charge in [0.2, 0.25) is 5.91 Å². The molecule has 5 heterocycles. The van der Waals surface area contributed by atoms with Gasteiger partial charge in [0.25, 0.3) is 0 Å². The number of alkyl halides is 1. The number of hydrogen-bond donors (Lipinski definition) is 1. The summed E-state index contributed by atoms with van der Waals surface area (Å²) < 4.78 is 53.7. The van der Waals surface area contributed by atoms with Crippen LogP contribution in [0.15, 0.2) is 30.5 Å². The lowest BCUT2D eigenvalue weighted by atomic mass is 9.95. The fourth-order valence-electron chi connectivity index (χ4n) is 6.96. The number of rotatable bonds is 8. The number of fused-ring (bicyclic) bond motifs is 3. The van der Waals surface area contributed by atoms with Crippen LogP contribution < -0.4 is 15.4 Å². The van der Waals surface area contributed by atoms with E-state index < -0.39 is 23.3 Å². The second-order valence-electron chi connectivity index (χ2n) is 12.4. The smallest absolute Gasteiger partial charge is 0.319 e. The Morgan fingerprint density at radius 1 is 1.31 bits per heavy atom. The van der Waals surface area contributed by atoms with Crippen LogP contribution in [-0.2, 0) is 0 Å². The molecule has 248 valence electrons. The summed E-state index contributed by atoms with van der Waals surface area (Å²) in [4.78, 5) is 25.7. The topological polar surface area (TPSA) is 126 Å². The van der Waals surface area contributed by atoms with Gasteiger partial charge in [-0.3, -0.25) is 9.69 Å². The molecule has 0 spiro atoms. The van der Waals surface area contributed by atoms with Gasteiger partial charge >= 0.3 is 6.01 Å². The van der Waals surface area contributed by atoms with Crippen LogP contribution in [0.4, 0.5) is 24.0 Å². The molecule has 2 N–H and O–H groups in total. The van der Waals surface area contributed by atoms with E-state index in [2.05, 4.69) is 20.0 Å². The summed E-state index contributed by atoms with van der Waals surface area (Å²) in [6.07, 6.45) is 2.66. The van der Waals surface area contributed by atoms with Crippen LogP contribution in [0.2, 0.25) is 5.02 Å². The van der Waals surface area contributed by atoms with E-state index in [1.807, 2.05) is 6.07 Å². The molecular formula is C33H30ClF3N8O2S. The van der Waals surface area contributed by atoms with Crippen LogP contribution in [0, 0.1) is 29.9 Å². The molecule has 0 radical (unpaired) electrons. The van der Waals surface area contributed by atoms with Gasteiger partial charge in [0, 0.05) is 55.5 Å². The van der Waals surface area contributed by atoms with Crippen LogP contribution in [0.25, 0.3) is 32.1 Å². The number of aryl methyl sites for hydroxylation is 1. The van der Waals surface area contributed by atoms with E-state index in [-0.39, 0.29) is 85.0 Å². The average Bonchev–Trinajstić information content (AvgIpc) is 3.81. The van der Waals surface area contributed by atoms with E-state index in [0.29, 0.717) is 18.7 Å². The Bertz CT molecular complexity index is 2150. The van der Waals surface area contributed by atoms with Gasteiger partial charge in [0.1, 0.15) is 41.0 Å². The first-order valence-corrected chi connectivity index (χ1v) is 16.6. The number of carbonyl (C=O) groups excluding carboxylic acids is 1. The SMILES string of the molecule is Cc1ccn(C(=O)CCN(C)c2nc(OC[C@@]34CCCN3C[C@H](F)C4)nc3c(F)c(-c4ccc(F)c5sc(N)c(C#N)c45)c(Cl)cc23)n1. The zero-order valence-electron chi connectivity index (χ0n) is 26.1. The second-order valence-corrected chi connectivity index (χ2v) is 13.8. The van der Waals surface area contributed by atoms with Crippen LogP contribution >= 0.6 is 22.9 Å². The summed E-state index contributed by atoms with van der Waals surface area (Å²) in [5, 5.41) is 14.5. The molecule has 7 rings (SSSR count). The van der Waals surface area contributed by atoms with Crippen molar-refractivity contribution < 1.29 is 22.7 Å². The van der Waals surface area contributed by atoms with E-state index >= 15 is 4.39 Å². The molecule has 0 bridgehead atoms. The van der Waals surface area contributed by atoms with Crippen molar-refractivity contribution in [2.75, 3.05) is 43.9 Å².